The maximum atomic E-state index is 10.9. The number of benzene rings is 1. The van der Waals surface area contributed by atoms with E-state index in [2.05, 4.69) is 17.0 Å². The Morgan fingerprint density at radius 2 is 2.11 bits per heavy atom. The van der Waals surface area contributed by atoms with E-state index < -0.39 is 12.0 Å². The van der Waals surface area contributed by atoms with E-state index in [1.165, 1.54) is 18.4 Å². The van der Waals surface area contributed by atoms with Gasteiger partial charge in [0.2, 0.25) is 0 Å². The average molecular weight is 262 g/mol. The van der Waals surface area contributed by atoms with Crippen molar-refractivity contribution in [2.45, 2.75) is 44.3 Å². The number of carbonyl (C=O) groups is 1. The van der Waals surface area contributed by atoms with Gasteiger partial charge in [0.1, 0.15) is 6.04 Å². The SMILES string of the molecule is NC(CC1CCCCN1Cc1ccccc1)C(=O)O. The van der Waals surface area contributed by atoms with Gasteiger partial charge in [-0.1, -0.05) is 36.8 Å². The third kappa shape index (κ3) is 4.04. The second kappa shape index (κ2) is 6.68. The minimum atomic E-state index is -0.898. The van der Waals surface area contributed by atoms with Crippen molar-refractivity contribution < 1.29 is 9.90 Å². The third-order valence-corrected chi connectivity index (χ3v) is 3.82. The van der Waals surface area contributed by atoms with Gasteiger partial charge in [0, 0.05) is 12.6 Å². The predicted molar refractivity (Wildman–Crippen MR) is 74.7 cm³/mol. The summed E-state index contributed by atoms with van der Waals surface area (Å²) in [4.78, 5) is 13.3. The smallest absolute Gasteiger partial charge is 0.320 e. The molecule has 0 saturated carbocycles. The maximum absolute atomic E-state index is 10.9. The monoisotopic (exact) mass is 262 g/mol. The number of nitrogens with zero attached hydrogens (tertiary/aromatic N) is 1. The Morgan fingerprint density at radius 1 is 1.37 bits per heavy atom. The Bertz CT molecular complexity index is 408. The number of carboxylic acids is 1. The molecule has 2 unspecified atom stereocenters. The molecular formula is C15H22N2O2. The Hall–Kier alpha value is -1.39. The lowest BCUT2D eigenvalue weighted by Crippen LogP contribution is -2.44. The molecule has 0 amide bonds. The zero-order chi connectivity index (χ0) is 13.7. The summed E-state index contributed by atoms with van der Waals surface area (Å²) < 4.78 is 0. The largest absolute Gasteiger partial charge is 0.480 e. The summed E-state index contributed by atoms with van der Waals surface area (Å²) in [5, 5.41) is 8.95. The van der Waals surface area contributed by atoms with Crippen LogP contribution in [0.2, 0.25) is 0 Å². The van der Waals surface area contributed by atoms with Crippen LogP contribution in [0.5, 0.6) is 0 Å². The fourth-order valence-corrected chi connectivity index (χ4v) is 2.75. The van der Waals surface area contributed by atoms with Crippen LogP contribution >= 0.6 is 0 Å². The first-order valence-electron chi connectivity index (χ1n) is 6.93. The van der Waals surface area contributed by atoms with Crippen molar-refractivity contribution in [3.8, 4) is 0 Å². The first-order valence-corrected chi connectivity index (χ1v) is 6.93. The van der Waals surface area contributed by atoms with Crippen LogP contribution in [0.15, 0.2) is 30.3 Å². The standard InChI is InChI=1S/C15H22N2O2/c16-14(15(18)19)10-13-8-4-5-9-17(13)11-12-6-2-1-3-7-12/h1-3,6-7,13-14H,4-5,8-11,16H2,(H,18,19). The first kappa shape index (κ1) is 14.0. The van der Waals surface area contributed by atoms with E-state index in [0.717, 1.165) is 19.5 Å². The molecular weight excluding hydrogens is 240 g/mol. The van der Waals surface area contributed by atoms with Crippen LogP contribution in [0.25, 0.3) is 0 Å². The van der Waals surface area contributed by atoms with Gasteiger partial charge in [0.25, 0.3) is 0 Å². The van der Waals surface area contributed by atoms with E-state index in [0.29, 0.717) is 12.5 Å². The molecule has 0 aromatic heterocycles. The Morgan fingerprint density at radius 3 is 2.79 bits per heavy atom. The summed E-state index contributed by atoms with van der Waals surface area (Å²) >= 11 is 0. The summed E-state index contributed by atoms with van der Waals surface area (Å²) in [6.07, 6.45) is 3.95. The number of hydrogen-bond acceptors (Lipinski definition) is 3. The molecule has 1 saturated heterocycles. The van der Waals surface area contributed by atoms with Crippen LogP contribution in [-0.2, 0) is 11.3 Å². The van der Waals surface area contributed by atoms with Crippen LogP contribution < -0.4 is 5.73 Å². The van der Waals surface area contributed by atoms with Crippen LogP contribution in [0.3, 0.4) is 0 Å². The van der Waals surface area contributed by atoms with Crippen LogP contribution in [0.4, 0.5) is 0 Å². The van der Waals surface area contributed by atoms with Crippen LogP contribution in [-0.4, -0.2) is 34.6 Å². The number of nitrogens with two attached hydrogens (primary N) is 1. The summed E-state index contributed by atoms with van der Waals surface area (Å²) in [7, 11) is 0. The molecule has 1 aromatic carbocycles. The lowest BCUT2D eigenvalue weighted by molar-refractivity contribution is -0.139. The van der Waals surface area contributed by atoms with Gasteiger partial charge >= 0.3 is 5.97 Å². The fourth-order valence-electron chi connectivity index (χ4n) is 2.75. The predicted octanol–water partition coefficient (Wildman–Crippen LogP) is 1.84. The van der Waals surface area contributed by atoms with Gasteiger partial charge in [-0.05, 0) is 31.4 Å². The van der Waals surface area contributed by atoms with Crippen molar-refractivity contribution in [2.75, 3.05) is 6.54 Å². The molecule has 1 heterocycles. The molecule has 0 aliphatic carbocycles. The molecule has 2 rings (SSSR count). The number of aliphatic carboxylic acids is 1. The quantitative estimate of drug-likeness (QED) is 0.849. The molecule has 1 aliphatic rings. The first-order chi connectivity index (χ1) is 9.16. The van der Waals surface area contributed by atoms with E-state index in [4.69, 9.17) is 10.8 Å². The van der Waals surface area contributed by atoms with Gasteiger partial charge in [-0.2, -0.15) is 0 Å². The Balaban J connectivity index is 1.98. The van der Waals surface area contributed by atoms with Gasteiger partial charge in [0.05, 0.1) is 0 Å². The van der Waals surface area contributed by atoms with Crippen LogP contribution in [0.1, 0.15) is 31.2 Å². The molecule has 4 heteroatoms. The molecule has 4 nitrogen and oxygen atoms in total. The third-order valence-electron chi connectivity index (χ3n) is 3.82. The van der Waals surface area contributed by atoms with E-state index >= 15 is 0 Å². The Kier molecular flexibility index (Phi) is 4.93. The lowest BCUT2D eigenvalue weighted by Gasteiger charge is -2.36. The molecule has 0 radical (unpaired) electrons. The Labute approximate surface area is 114 Å². The molecule has 1 aliphatic heterocycles. The van der Waals surface area contributed by atoms with Crippen molar-refractivity contribution in [3.05, 3.63) is 35.9 Å². The second-order valence-corrected chi connectivity index (χ2v) is 5.29. The van der Waals surface area contributed by atoms with Crippen molar-refractivity contribution in [1.82, 2.24) is 4.90 Å². The number of carboxylic acid groups (broad SMARTS) is 1. The summed E-state index contributed by atoms with van der Waals surface area (Å²) in [5.41, 5.74) is 6.95. The lowest BCUT2D eigenvalue weighted by atomic mass is 9.95. The van der Waals surface area contributed by atoms with E-state index in [9.17, 15) is 4.79 Å². The molecule has 0 spiro atoms. The molecule has 2 atom stereocenters. The average Bonchev–Trinajstić information content (AvgIpc) is 2.42. The molecule has 19 heavy (non-hydrogen) atoms. The zero-order valence-electron chi connectivity index (χ0n) is 11.2. The highest BCUT2D eigenvalue weighted by Crippen LogP contribution is 2.22. The van der Waals surface area contributed by atoms with Gasteiger partial charge in [0.15, 0.2) is 0 Å². The van der Waals surface area contributed by atoms with Gasteiger partial charge in [-0.3, -0.25) is 9.69 Å². The number of rotatable bonds is 5. The molecule has 1 fully saturated rings. The number of hydrogen-bond donors (Lipinski definition) is 2. The zero-order valence-corrected chi connectivity index (χ0v) is 11.2. The van der Waals surface area contributed by atoms with Gasteiger partial charge in [-0.15, -0.1) is 0 Å². The molecule has 3 N–H and O–H groups in total. The molecule has 1 aromatic rings. The summed E-state index contributed by atoms with van der Waals surface area (Å²) in [6.45, 7) is 1.92. The number of likely N-dealkylation sites (tertiary alicyclic amines) is 1. The summed E-state index contributed by atoms with van der Waals surface area (Å²) in [6, 6.07) is 9.86. The second-order valence-electron chi connectivity index (χ2n) is 5.29. The van der Waals surface area contributed by atoms with Crippen molar-refractivity contribution in [1.29, 1.82) is 0 Å². The van der Waals surface area contributed by atoms with E-state index in [1.54, 1.807) is 0 Å². The maximum Gasteiger partial charge on any atom is 0.320 e. The highest BCUT2D eigenvalue weighted by molar-refractivity contribution is 5.73. The normalized spacial score (nSPS) is 22.1. The van der Waals surface area contributed by atoms with Gasteiger partial charge in [-0.25, -0.2) is 0 Å². The van der Waals surface area contributed by atoms with E-state index in [-0.39, 0.29) is 0 Å². The van der Waals surface area contributed by atoms with Crippen LogP contribution in [0, 0.1) is 0 Å². The topological polar surface area (TPSA) is 66.6 Å². The van der Waals surface area contributed by atoms with Crippen molar-refractivity contribution >= 4 is 5.97 Å². The minimum Gasteiger partial charge on any atom is -0.480 e. The highest BCUT2D eigenvalue weighted by atomic mass is 16.4. The number of piperidine rings is 1. The minimum absolute atomic E-state index is 0.292. The van der Waals surface area contributed by atoms with Gasteiger partial charge < -0.3 is 10.8 Å². The van der Waals surface area contributed by atoms with Crippen molar-refractivity contribution in [3.63, 3.8) is 0 Å². The fraction of sp³-hybridized carbons (Fsp3) is 0.533. The highest BCUT2D eigenvalue weighted by Gasteiger charge is 2.26. The van der Waals surface area contributed by atoms with E-state index in [1.807, 2.05) is 18.2 Å². The molecule has 104 valence electrons. The molecule has 0 bridgehead atoms. The summed E-state index contributed by atoms with van der Waals surface area (Å²) in [5.74, 6) is -0.898. The van der Waals surface area contributed by atoms with Crippen molar-refractivity contribution in [2.24, 2.45) is 5.73 Å².